The molecular formula is C15H13ClFNO2. The van der Waals surface area contributed by atoms with Crippen LogP contribution in [0.15, 0.2) is 36.7 Å². The monoisotopic (exact) mass is 293 g/mol. The van der Waals surface area contributed by atoms with Crippen LogP contribution in [0, 0.1) is 5.82 Å². The van der Waals surface area contributed by atoms with E-state index in [2.05, 4.69) is 4.98 Å². The van der Waals surface area contributed by atoms with Crippen molar-refractivity contribution in [2.24, 2.45) is 0 Å². The molecule has 0 bridgehead atoms. The van der Waals surface area contributed by atoms with Gasteiger partial charge in [-0.15, -0.1) is 0 Å². The third-order valence-electron chi connectivity index (χ3n) is 2.62. The van der Waals surface area contributed by atoms with Crippen molar-refractivity contribution in [2.75, 3.05) is 6.61 Å². The number of carbonyl (C=O) groups is 1. The van der Waals surface area contributed by atoms with Gasteiger partial charge in [-0.3, -0.25) is 9.78 Å². The fraction of sp³-hybridized carbons (Fsp3) is 0.200. The van der Waals surface area contributed by atoms with Gasteiger partial charge in [-0.1, -0.05) is 18.5 Å². The van der Waals surface area contributed by atoms with Gasteiger partial charge in [-0.2, -0.15) is 0 Å². The summed E-state index contributed by atoms with van der Waals surface area (Å²) in [5, 5.41) is 0.307. The predicted molar refractivity (Wildman–Crippen MR) is 74.9 cm³/mol. The maximum atomic E-state index is 13.7. The van der Waals surface area contributed by atoms with Gasteiger partial charge in [0.1, 0.15) is 11.6 Å². The van der Waals surface area contributed by atoms with Crippen molar-refractivity contribution in [1.82, 2.24) is 4.98 Å². The molecule has 3 nitrogen and oxygen atoms in total. The molecule has 20 heavy (non-hydrogen) atoms. The molecule has 0 aliphatic carbocycles. The number of pyridine rings is 1. The molecule has 0 aliphatic heterocycles. The summed E-state index contributed by atoms with van der Waals surface area (Å²) in [6.45, 7) is 2.51. The third kappa shape index (κ3) is 3.33. The number of rotatable bonds is 5. The highest BCUT2D eigenvalue weighted by molar-refractivity contribution is 6.31. The van der Waals surface area contributed by atoms with Crippen LogP contribution in [0.1, 0.15) is 29.3 Å². The third-order valence-corrected chi connectivity index (χ3v) is 2.86. The van der Waals surface area contributed by atoms with Crippen LogP contribution < -0.4 is 4.74 Å². The van der Waals surface area contributed by atoms with E-state index in [0.29, 0.717) is 17.4 Å². The Balaban J connectivity index is 2.31. The Morgan fingerprint density at radius 1 is 1.35 bits per heavy atom. The highest BCUT2D eigenvalue weighted by atomic mass is 35.5. The first-order chi connectivity index (χ1) is 9.61. The van der Waals surface area contributed by atoms with Gasteiger partial charge in [0.25, 0.3) is 0 Å². The molecule has 0 saturated carbocycles. The Kier molecular flexibility index (Phi) is 4.69. The van der Waals surface area contributed by atoms with E-state index in [4.69, 9.17) is 16.3 Å². The molecule has 0 fully saturated rings. The summed E-state index contributed by atoms with van der Waals surface area (Å²) in [6.07, 6.45) is 3.74. The summed E-state index contributed by atoms with van der Waals surface area (Å²) < 4.78 is 19.1. The van der Waals surface area contributed by atoms with Gasteiger partial charge < -0.3 is 4.74 Å². The summed E-state index contributed by atoms with van der Waals surface area (Å²) in [5.74, 6) is -0.598. The lowest BCUT2D eigenvalue weighted by Gasteiger charge is -2.07. The minimum atomic E-state index is -0.612. The van der Waals surface area contributed by atoms with Crippen LogP contribution in [0.3, 0.4) is 0 Å². The second-order valence-electron chi connectivity index (χ2n) is 4.21. The van der Waals surface area contributed by atoms with E-state index in [9.17, 15) is 9.18 Å². The summed E-state index contributed by atoms with van der Waals surface area (Å²) >= 11 is 5.79. The van der Waals surface area contributed by atoms with Gasteiger partial charge in [-0.25, -0.2) is 4.39 Å². The number of halogens is 2. The smallest absolute Gasteiger partial charge is 0.197 e. The summed E-state index contributed by atoms with van der Waals surface area (Å²) in [6, 6.07) is 5.41. The van der Waals surface area contributed by atoms with Crippen molar-refractivity contribution in [2.45, 2.75) is 13.3 Å². The molecule has 5 heteroatoms. The van der Waals surface area contributed by atoms with Gasteiger partial charge in [0.05, 0.1) is 18.4 Å². The molecule has 0 radical (unpaired) electrons. The number of aromatic nitrogens is 1. The van der Waals surface area contributed by atoms with Crippen LogP contribution in [-0.4, -0.2) is 17.4 Å². The average Bonchev–Trinajstić information content (AvgIpc) is 2.47. The van der Waals surface area contributed by atoms with E-state index in [1.54, 1.807) is 6.07 Å². The molecule has 104 valence electrons. The number of ether oxygens (including phenoxy) is 1. The van der Waals surface area contributed by atoms with Crippen molar-refractivity contribution in [1.29, 1.82) is 0 Å². The maximum Gasteiger partial charge on any atom is 0.197 e. The minimum Gasteiger partial charge on any atom is -0.492 e. The number of ketones is 1. The molecule has 2 rings (SSSR count). The molecule has 0 amide bonds. The highest BCUT2D eigenvalue weighted by Gasteiger charge is 2.15. The Labute approximate surface area is 121 Å². The Morgan fingerprint density at radius 3 is 2.90 bits per heavy atom. The lowest BCUT2D eigenvalue weighted by atomic mass is 10.0. The number of nitrogens with zero attached hydrogens (tertiary/aromatic N) is 1. The highest BCUT2D eigenvalue weighted by Crippen LogP contribution is 2.20. The SMILES string of the molecule is CCCOc1cncc(C(=O)c2cc(Cl)ccc2F)c1. The van der Waals surface area contributed by atoms with Crippen LogP contribution in [0.5, 0.6) is 5.75 Å². The summed E-state index contributed by atoms with van der Waals surface area (Å²) in [7, 11) is 0. The number of hydrogen-bond donors (Lipinski definition) is 0. The quantitative estimate of drug-likeness (QED) is 0.785. The van der Waals surface area contributed by atoms with Crippen molar-refractivity contribution >= 4 is 17.4 Å². The van der Waals surface area contributed by atoms with Crippen molar-refractivity contribution in [3.8, 4) is 5.75 Å². The first kappa shape index (κ1) is 14.5. The largest absolute Gasteiger partial charge is 0.492 e. The average molecular weight is 294 g/mol. The fourth-order valence-corrected chi connectivity index (χ4v) is 1.84. The van der Waals surface area contributed by atoms with Gasteiger partial charge in [-0.05, 0) is 30.7 Å². The zero-order valence-electron chi connectivity index (χ0n) is 10.9. The second kappa shape index (κ2) is 6.48. The van der Waals surface area contributed by atoms with Gasteiger partial charge in [0, 0.05) is 16.8 Å². The minimum absolute atomic E-state index is 0.0769. The number of benzene rings is 1. The molecular weight excluding hydrogens is 281 g/mol. The number of hydrogen-bond acceptors (Lipinski definition) is 3. The Morgan fingerprint density at radius 2 is 2.15 bits per heavy atom. The number of carbonyl (C=O) groups excluding carboxylic acids is 1. The van der Waals surface area contributed by atoms with E-state index in [-0.39, 0.29) is 11.1 Å². The summed E-state index contributed by atoms with van der Waals surface area (Å²) in [5.41, 5.74) is 0.187. The fourth-order valence-electron chi connectivity index (χ4n) is 1.67. The topological polar surface area (TPSA) is 39.2 Å². The van der Waals surface area contributed by atoms with Crippen LogP contribution in [0.25, 0.3) is 0 Å². The van der Waals surface area contributed by atoms with Crippen LogP contribution in [-0.2, 0) is 0 Å². The molecule has 0 spiro atoms. The molecule has 2 aromatic rings. The zero-order valence-corrected chi connectivity index (χ0v) is 11.7. The van der Waals surface area contributed by atoms with E-state index in [0.717, 1.165) is 6.42 Å². The molecule has 0 unspecified atom stereocenters. The maximum absolute atomic E-state index is 13.7. The van der Waals surface area contributed by atoms with E-state index in [1.165, 1.54) is 30.6 Å². The predicted octanol–water partition coefficient (Wildman–Crippen LogP) is 3.89. The van der Waals surface area contributed by atoms with Gasteiger partial charge in [0.15, 0.2) is 5.78 Å². The summed E-state index contributed by atoms with van der Waals surface area (Å²) in [4.78, 5) is 16.2. The first-order valence-electron chi connectivity index (χ1n) is 6.19. The van der Waals surface area contributed by atoms with E-state index < -0.39 is 11.6 Å². The molecule has 0 N–H and O–H groups in total. The second-order valence-corrected chi connectivity index (χ2v) is 4.65. The lowest BCUT2D eigenvalue weighted by molar-refractivity contribution is 0.103. The van der Waals surface area contributed by atoms with Crippen LogP contribution >= 0.6 is 11.6 Å². The van der Waals surface area contributed by atoms with Crippen molar-refractivity contribution in [3.05, 3.63) is 58.6 Å². The first-order valence-corrected chi connectivity index (χ1v) is 6.57. The van der Waals surface area contributed by atoms with Gasteiger partial charge in [0.2, 0.25) is 0 Å². The molecule has 0 atom stereocenters. The molecule has 1 aromatic heterocycles. The normalized spacial score (nSPS) is 10.3. The Hall–Kier alpha value is -1.94. The molecule has 1 aromatic carbocycles. The van der Waals surface area contributed by atoms with E-state index in [1.807, 2.05) is 6.92 Å². The molecule has 0 aliphatic rings. The standard InChI is InChI=1S/C15H13ClFNO2/c1-2-5-20-12-6-10(8-18-9-12)15(19)13-7-11(16)3-4-14(13)17/h3-4,6-9H,2,5H2,1H3. The zero-order chi connectivity index (χ0) is 14.5. The van der Waals surface area contributed by atoms with Gasteiger partial charge >= 0.3 is 0 Å². The van der Waals surface area contributed by atoms with Crippen molar-refractivity contribution in [3.63, 3.8) is 0 Å². The molecule has 1 heterocycles. The van der Waals surface area contributed by atoms with E-state index >= 15 is 0 Å². The lowest BCUT2D eigenvalue weighted by Crippen LogP contribution is -2.06. The molecule has 0 saturated heterocycles. The van der Waals surface area contributed by atoms with Crippen molar-refractivity contribution < 1.29 is 13.9 Å². The Bertz CT molecular complexity index is 631. The van der Waals surface area contributed by atoms with Crippen LogP contribution in [0.2, 0.25) is 5.02 Å². The van der Waals surface area contributed by atoms with Crippen LogP contribution in [0.4, 0.5) is 4.39 Å².